The van der Waals surface area contributed by atoms with Crippen molar-refractivity contribution < 1.29 is 9.53 Å². The number of thioether (sulfide) groups is 1. The van der Waals surface area contributed by atoms with Gasteiger partial charge >= 0.3 is 0 Å². The van der Waals surface area contributed by atoms with E-state index < -0.39 is 0 Å². The number of ether oxygens (including phenoxy) is 1. The molecule has 2 heterocycles. The highest BCUT2D eigenvalue weighted by Crippen LogP contribution is 2.22. The van der Waals surface area contributed by atoms with E-state index in [0.29, 0.717) is 16.7 Å². The minimum Gasteiger partial charge on any atom is -0.497 e. The van der Waals surface area contributed by atoms with E-state index in [1.165, 1.54) is 17.3 Å². The van der Waals surface area contributed by atoms with Crippen molar-refractivity contribution in [2.24, 2.45) is 0 Å². The summed E-state index contributed by atoms with van der Waals surface area (Å²) in [5.74, 6) is 1.96. The maximum absolute atomic E-state index is 12.6. The summed E-state index contributed by atoms with van der Waals surface area (Å²) in [7, 11) is 1.64. The summed E-state index contributed by atoms with van der Waals surface area (Å²) in [6.07, 6.45) is 0. The number of benzene rings is 2. The number of nitrogens with zero attached hydrogens (tertiary/aromatic N) is 4. The van der Waals surface area contributed by atoms with Crippen LogP contribution in [0.1, 0.15) is 5.56 Å². The zero-order valence-corrected chi connectivity index (χ0v) is 17.8. The van der Waals surface area contributed by atoms with Crippen LogP contribution in [0.4, 0.5) is 0 Å². The van der Waals surface area contributed by atoms with Crippen LogP contribution in [0, 0.1) is 0 Å². The number of piperazine rings is 1. The number of carbonyl (C=O) groups is 1. The maximum atomic E-state index is 12.6. The van der Waals surface area contributed by atoms with Crippen LogP contribution in [-0.2, 0) is 11.3 Å². The molecule has 1 amide bonds. The van der Waals surface area contributed by atoms with Crippen molar-refractivity contribution in [1.29, 1.82) is 0 Å². The van der Waals surface area contributed by atoms with Crippen molar-refractivity contribution in [2.45, 2.75) is 11.7 Å². The second kappa shape index (κ2) is 9.77. The summed E-state index contributed by atoms with van der Waals surface area (Å²) in [5.41, 5.74) is 2.24. The number of nitrogens with one attached hydrogen (secondary N) is 1. The smallest absolute Gasteiger partial charge is 0.233 e. The van der Waals surface area contributed by atoms with Crippen LogP contribution in [0.3, 0.4) is 0 Å². The number of aromatic nitrogens is 3. The topological polar surface area (TPSA) is 74.3 Å². The minimum atomic E-state index is 0.134. The first-order valence-electron chi connectivity index (χ1n) is 9.95. The molecule has 1 saturated heterocycles. The zero-order chi connectivity index (χ0) is 20.8. The number of methoxy groups -OCH3 is 1. The molecule has 1 N–H and O–H groups in total. The molecule has 8 heteroatoms. The molecule has 0 saturated carbocycles. The van der Waals surface area contributed by atoms with Gasteiger partial charge in [-0.3, -0.25) is 14.8 Å². The van der Waals surface area contributed by atoms with Gasteiger partial charge in [0.05, 0.1) is 12.9 Å². The maximum Gasteiger partial charge on any atom is 0.233 e. The highest BCUT2D eigenvalue weighted by atomic mass is 32.2. The van der Waals surface area contributed by atoms with Crippen molar-refractivity contribution in [2.75, 3.05) is 39.0 Å². The molecular formula is C22H25N5O2S. The molecule has 30 heavy (non-hydrogen) atoms. The van der Waals surface area contributed by atoms with Crippen molar-refractivity contribution in [3.8, 4) is 17.1 Å². The van der Waals surface area contributed by atoms with Crippen LogP contribution in [0.15, 0.2) is 59.8 Å². The highest BCUT2D eigenvalue weighted by Gasteiger charge is 2.21. The molecule has 0 unspecified atom stereocenters. The minimum absolute atomic E-state index is 0.134. The van der Waals surface area contributed by atoms with Crippen molar-refractivity contribution in [3.63, 3.8) is 0 Å². The quantitative estimate of drug-likeness (QED) is 0.589. The van der Waals surface area contributed by atoms with Gasteiger partial charge in [-0.15, -0.1) is 5.10 Å². The largest absolute Gasteiger partial charge is 0.497 e. The summed E-state index contributed by atoms with van der Waals surface area (Å²) in [4.78, 5) is 21.4. The van der Waals surface area contributed by atoms with Crippen LogP contribution in [-0.4, -0.2) is 69.9 Å². The first-order chi connectivity index (χ1) is 14.7. The van der Waals surface area contributed by atoms with E-state index in [1.54, 1.807) is 7.11 Å². The Kier molecular flexibility index (Phi) is 6.66. The Hall–Kier alpha value is -2.84. The van der Waals surface area contributed by atoms with E-state index in [4.69, 9.17) is 4.74 Å². The van der Waals surface area contributed by atoms with E-state index in [9.17, 15) is 4.79 Å². The van der Waals surface area contributed by atoms with E-state index in [2.05, 4.69) is 44.3 Å². The van der Waals surface area contributed by atoms with Gasteiger partial charge < -0.3 is 9.64 Å². The molecule has 4 rings (SSSR count). The van der Waals surface area contributed by atoms with Crippen LogP contribution >= 0.6 is 11.8 Å². The summed E-state index contributed by atoms with van der Waals surface area (Å²) in [5, 5.41) is 7.75. The summed E-state index contributed by atoms with van der Waals surface area (Å²) < 4.78 is 5.17. The first-order valence-corrected chi connectivity index (χ1v) is 10.9. The third-order valence-electron chi connectivity index (χ3n) is 5.13. The monoisotopic (exact) mass is 423 g/mol. The van der Waals surface area contributed by atoms with Gasteiger partial charge in [-0.2, -0.15) is 0 Å². The lowest BCUT2D eigenvalue weighted by atomic mass is 10.2. The Morgan fingerprint density at radius 1 is 1.07 bits per heavy atom. The van der Waals surface area contributed by atoms with Gasteiger partial charge in [-0.05, 0) is 29.8 Å². The summed E-state index contributed by atoms with van der Waals surface area (Å²) in [6, 6.07) is 18.1. The Balaban J connectivity index is 1.24. The van der Waals surface area contributed by atoms with Gasteiger partial charge in [0.2, 0.25) is 11.1 Å². The van der Waals surface area contributed by atoms with E-state index in [1.807, 2.05) is 35.2 Å². The number of amides is 1. The van der Waals surface area contributed by atoms with Gasteiger partial charge in [-0.1, -0.05) is 42.1 Å². The van der Waals surface area contributed by atoms with Crippen molar-refractivity contribution in [1.82, 2.24) is 25.0 Å². The number of rotatable bonds is 7. The SMILES string of the molecule is COc1ccc(-c2nc(SCC(=O)N3CCN(Cc4ccccc4)CC3)n[nH]2)cc1. The van der Waals surface area contributed by atoms with Gasteiger partial charge in [-0.25, -0.2) is 4.98 Å². The Morgan fingerprint density at radius 3 is 2.50 bits per heavy atom. The molecule has 0 aliphatic carbocycles. The Morgan fingerprint density at radius 2 is 1.80 bits per heavy atom. The molecule has 7 nitrogen and oxygen atoms in total. The molecule has 0 radical (unpaired) electrons. The predicted octanol–water partition coefficient (Wildman–Crippen LogP) is 2.92. The number of H-pyrrole nitrogens is 1. The van der Waals surface area contributed by atoms with Crippen LogP contribution < -0.4 is 4.74 Å². The Labute approximate surface area is 180 Å². The lowest BCUT2D eigenvalue weighted by molar-refractivity contribution is -0.130. The molecule has 0 atom stereocenters. The number of hydrogen-bond donors (Lipinski definition) is 1. The Bertz CT molecular complexity index is 953. The average Bonchev–Trinajstić information content (AvgIpc) is 3.28. The lowest BCUT2D eigenvalue weighted by Crippen LogP contribution is -2.48. The van der Waals surface area contributed by atoms with Gasteiger partial charge in [0, 0.05) is 38.3 Å². The summed E-state index contributed by atoms with van der Waals surface area (Å²) >= 11 is 1.37. The molecular weight excluding hydrogens is 398 g/mol. The van der Waals surface area contributed by atoms with Crippen LogP contribution in [0.25, 0.3) is 11.4 Å². The van der Waals surface area contributed by atoms with Crippen molar-refractivity contribution >= 4 is 17.7 Å². The second-order valence-electron chi connectivity index (χ2n) is 7.13. The molecule has 1 aliphatic heterocycles. The molecule has 2 aromatic carbocycles. The van der Waals surface area contributed by atoms with Crippen LogP contribution in [0.5, 0.6) is 5.75 Å². The fraction of sp³-hybridized carbons (Fsp3) is 0.318. The molecule has 156 valence electrons. The third-order valence-corrected chi connectivity index (χ3v) is 5.96. The average molecular weight is 424 g/mol. The van der Waals surface area contributed by atoms with Gasteiger partial charge in [0.1, 0.15) is 5.75 Å². The number of carbonyl (C=O) groups excluding carboxylic acids is 1. The molecule has 1 fully saturated rings. The fourth-order valence-electron chi connectivity index (χ4n) is 3.40. The molecule has 1 aliphatic rings. The zero-order valence-electron chi connectivity index (χ0n) is 17.0. The standard InChI is InChI=1S/C22H25N5O2S/c1-29-19-9-7-18(8-10-19)21-23-22(25-24-21)30-16-20(28)27-13-11-26(12-14-27)15-17-5-3-2-4-6-17/h2-10H,11-16H2,1H3,(H,23,24,25). The molecule has 0 spiro atoms. The second-order valence-corrected chi connectivity index (χ2v) is 8.07. The molecule has 1 aromatic heterocycles. The van der Waals surface area contributed by atoms with E-state index >= 15 is 0 Å². The molecule has 3 aromatic rings. The van der Waals surface area contributed by atoms with Gasteiger partial charge in [0.25, 0.3) is 0 Å². The number of aromatic amines is 1. The van der Waals surface area contributed by atoms with Crippen molar-refractivity contribution in [3.05, 3.63) is 60.2 Å². The first kappa shape index (κ1) is 20.4. The van der Waals surface area contributed by atoms with Crippen LogP contribution in [0.2, 0.25) is 0 Å². The number of hydrogen-bond acceptors (Lipinski definition) is 6. The van der Waals surface area contributed by atoms with Gasteiger partial charge in [0.15, 0.2) is 5.82 Å². The van der Waals surface area contributed by atoms with E-state index in [-0.39, 0.29) is 5.91 Å². The van der Waals surface area contributed by atoms with E-state index in [0.717, 1.165) is 44.0 Å². The fourth-order valence-corrected chi connectivity index (χ4v) is 4.10. The predicted molar refractivity (Wildman–Crippen MR) is 117 cm³/mol. The highest BCUT2D eigenvalue weighted by molar-refractivity contribution is 7.99. The third kappa shape index (κ3) is 5.20. The summed E-state index contributed by atoms with van der Waals surface area (Å²) in [6.45, 7) is 4.25. The lowest BCUT2D eigenvalue weighted by Gasteiger charge is -2.34. The normalized spacial score (nSPS) is 14.6. The molecule has 0 bridgehead atoms.